The number of methoxy groups -OCH3 is 1. The predicted octanol–water partition coefficient (Wildman–Crippen LogP) is 2.44. The predicted molar refractivity (Wildman–Crippen MR) is 134 cm³/mol. The normalized spacial score (nSPS) is 12.8. The van der Waals surface area contributed by atoms with Crippen LogP contribution in [-0.2, 0) is 16.1 Å². The first kappa shape index (κ1) is 25.8. The lowest BCUT2D eigenvalue weighted by molar-refractivity contribution is -0.140. The SMILES string of the molecule is COc1ccccc1[C@H](Cn1c(=O)n(C(C)C(=O)O)c(=O)c2c(C)c(-n3nccn3)sc21)OCCC#N. The number of aromatic nitrogens is 5. The molecule has 4 rings (SSSR count). The molecule has 0 aliphatic heterocycles. The molecule has 0 amide bonds. The van der Waals surface area contributed by atoms with Gasteiger partial charge in [-0.25, -0.2) is 14.2 Å². The van der Waals surface area contributed by atoms with Crippen molar-refractivity contribution in [3.05, 3.63) is 68.6 Å². The van der Waals surface area contributed by atoms with E-state index in [0.29, 0.717) is 26.7 Å². The Kier molecular flexibility index (Phi) is 7.51. The molecule has 0 aliphatic rings. The Balaban J connectivity index is 1.99. The molecule has 13 heteroatoms. The van der Waals surface area contributed by atoms with Gasteiger partial charge in [-0.15, -0.1) is 4.80 Å². The number of hydrogen-bond donors (Lipinski definition) is 1. The lowest BCUT2D eigenvalue weighted by Crippen LogP contribution is -2.44. The van der Waals surface area contributed by atoms with E-state index >= 15 is 0 Å². The van der Waals surface area contributed by atoms with E-state index in [-0.39, 0.29) is 25.0 Å². The van der Waals surface area contributed by atoms with E-state index in [0.717, 1.165) is 15.9 Å². The van der Waals surface area contributed by atoms with Crippen molar-refractivity contribution in [2.24, 2.45) is 0 Å². The minimum atomic E-state index is -1.41. The maximum atomic E-state index is 13.7. The van der Waals surface area contributed by atoms with E-state index < -0.39 is 29.4 Å². The molecule has 0 radical (unpaired) electrons. The number of para-hydroxylation sites is 1. The maximum Gasteiger partial charge on any atom is 0.333 e. The van der Waals surface area contributed by atoms with Crippen LogP contribution >= 0.6 is 11.3 Å². The van der Waals surface area contributed by atoms with Crippen LogP contribution in [0.2, 0.25) is 0 Å². The number of carboxylic acids is 1. The fraction of sp³-hybridized carbons (Fsp3) is 0.333. The van der Waals surface area contributed by atoms with Crippen LogP contribution in [0.1, 0.15) is 36.6 Å². The van der Waals surface area contributed by atoms with Gasteiger partial charge in [0.05, 0.1) is 50.5 Å². The standard InChI is InChI=1S/C24H24N6O6S/c1-14-19-20(31)29(15(2)23(32)33)24(34)28(22(19)37-21(14)30-26-10-11-27-30)13-18(36-12-6-9-25)16-7-4-5-8-17(16)35-3/h4-5,7-8,10-11,15,18H,6,12-13H2,1-3H3,(H,32,33)/t15?,18-/m0/s1. The van der Waals surface area contributed by atoms with Gasteiger partial charge in [0, 0.05) is 11.1 Å². The van der Waals surface area contributed by atoms with E-state index in [1.807, 2.05) is 6.07 Å². The van der Waals surface area contributed by atoms with Crippen LogP contribution in [0.15, 0.2) is 46.2 Å². The quantitative estimate of drug-likeness (QED) is 0.308. The zero-order valence-electron chi connectivity index (χ0n) is 20.3. The highest BCUT2D eigenvalue weighted by atomic mass is 32.1. The summed E-state index contributed by atoms with van der Waals surface area (Å²) in [6, 6.07) is 7.73. The summed E-state index contributed by atoms with van der Waals surface area (Å²) in [4.78, 5) is 40.7. The molecule has 37 heavy (non-hydrogen) atoms. The summed E-state index contributed by atoms with van der Waals surface area (Å²) < 4.78 is 13.6. The number of rotatable bonds is 10. The summed E-state index contributed by atoms with van der Waals surface area (Å²) in [5, 5.41) is 27.7. The van der Waals surface area contributed by atoms with Gasteiger partial charge in [0.2, 0.25) is 0 Å². The molecule has 2 atom stereocenters. The summed E-state index contributed by atoms with van der Waals surface area (Å²) in [6.45, 7) is 3.00. The second kappa shape index (κ2) is 10.8. The molecule has 1 N–H and O–H groups in total. The summed E-state index contributed by atoms with van der Waals surface area (Å²) >= 11 is 1.14. The van der Waals surface area contributed by atoms with Crippen molar-refractivity contribution in [2.45, 2.75) is 39.0 Å². The maximum absolute atomic E-state index is 13.7. The molecular weight excluding hydrogens is 500 g/mol. The number of hydrogen-bond acceptors (Lipinski definition) is 9. The van der Waals surface area contributed by atoms with Gasteiger partial charge >= 0.3 is 11.7 Å². The first-order chi connectivity index (χ1) is 17.8. The van der Waals surface area contributed by atoms with Gasteiger partial charge in [0.1, 0.15) is 27.7 Å². The number of thiophene rings is 1. The molecule has 0 saturated carbocycles. The number of fused-ring (bicyclic) bond motifs is 1. The van der Waals surface area contributed by atoms with E-state index in [1.165, 1.54) is 35.8 Å². The average Bonchev–Trinajstić information content (AvgIpc) is 3.53. The zero-order valence-corrected chi connectivity index (χ0v) is 21.1. The molecule has 0 fully saturated rings. The van der Waals surface area contributed by atoms with Crippen LogP contribution in [0.4, 0.5) is 0 Å². The number of nitriles is 1. The number of benzene rings is 1. The van der Waals surface area contributed by atoms with Gasteiger partial charge in [-0.05, 0) is 19.9 Å². The Labute approximate surface area is 214 Å². The second-order valence-corrected chi connectivity index (χ2v) is 9.10. The molecule has 12 nitrogen and oxygen atoms in total. The molecule has 0 spiro atoms. The molecule has 1 aromatic carbocycles. The number of ether oxygens (including phenoxy) is 2. The van der Waals surface area contributed by atoms with Crippen molar-refractivity contribution in [2.75, 3.05) is 13.7 Å². The van der Waals surface area contributed by atoms with Crippen molar-refractivity contribution in [1.82, 2.24) is 24.1 Å². The zero-order chi connectivity index (χ0) is 26.7. The third kappa shape index (κ3) is 4.76. The Hall–Kier alpha value is -4.28. The number of carbonyl (C=O) groups is 1. The van der Waals surface area contributed by atoms with Crippen molar-refractivity contribution in [3.8, 4) is 16.8 Å². The van der Waals surface area contributed by atoms with E-state index in [4.69, 9.17) is 14.7 Å². The molecule has 0 aliphatic carbocycles. The number of aliphatic carboxylic acids is 1. The van der Waals surface area contributed by atoms with E-state index in [9.17, 15) is 19.5 Å². The highest BCUT2D eigenvalue weighted by Crippen LogP contribution is 2.33. The Bertz CT molecular complexity index is 1600. The Morgan fingerprint density at radius 3 is 2.59 bits per heavy atom. The Morgan fingerprint density at radius 2 is 1.95 bits per heavy atom. The van der Waals surface area contributed by atoms with Crippen molar-refractivity contribution in [3.63, 3.8) is 0 Å². The molecule has 3 aromatic heterocycles. The van der Waals surface area contributed by atoms with Crippen LogP contribution in [0.3, 0.4) is 0 Å². The summed E-state index contributed by atoms with van der Waals surface area (Å²) in [7, 11) is 1.51. The lowest BCUT2D eigenvalue weighted by atomic mass is 10.1. The monoisotopic (exact) mass is 524 g/mol. The number of nitrogens with zero attached hydrogens (tertiary/aromatic N) is 6. The van der Waals surface area contributed by atoms with Gasteiger partial charge in [-0.1, -0.05) is 29.5 Å². The number of aryl methyl sites for hydroxylation is 1. The molecule has 3 heterocycles. The van der Waals surface area contributed by atoms with Crippen LogP contribution in [-0.4, -0.2) is 48.9 Å². The van der Waals surface area contributed by atoms with Gasteiger partial charge in [0.25, 0.3) is 5.56 Å². The van der Waals surface area contributed by atoms with E-state index in [1.54, 1.807) is 31.2 Å². The van der Waals surface area contributed by atoms with Gasteiger partial charge in [-0.3, -0.25) is 9.36 Å². The minimum absolute atomic E-state index is 0.0698. The largest absolute Gasteiger partial charge is 0.496 e. The highest BCUT2D eigenvalue weighted by Gasteiger charge is 2.28. The first-order valence-electron chi connectivity index (χ1n) is 11.3. The number of carboxylic acid groups (broad SMARTS) is 1. The second-order valence-electron chi connectivity index (χ2n) is 8.12. The van der Waals surface area contributed by atoms with Crippen LogP contribution < -0.4 is 16.0 Å². The molecule has 0 saturated heterocycles. The average molecular weight is 525 g/mol. The molecular formula is C24H24N6O6S. The third-order valence-corrected chi connectivity index (χ3v) is 7.21. The van der Waals surface area contributed by atoms with Crippen molar-refractivity contribution >= 4 is 27.5 Å². The van der Waals surface area contributed by atoms with Crippen molar-refractivity contribution in [1.29, 1.82) is 5.26 Å². The fourth-order valence-electron chi connectivity index (χ4n) is 4.06. The van der Waals surface area contributed by atoms with Crippen molar-refractivity contribution < 1.29 is 19.4 Å². The molecule has 4 aromatic rings. The molecule has 0 bridgehead atoms. The minimum Gasteiger partial charge on any atom is -0.496 e. The van der Waals surface area contributed by atoms with Crippen LogP contribution in [0, 0.1) is 18.3 Å². The lowest BCUT2D eigenvalue weighted by Gasteiger charge is -2.22. The third-order valence-electron chi connectivity index (χ3n) is 5.93. The van der Waals surface area contributed by atoms with Gasteiger partial charge < -0.3 is 14.6 Å². The summed E-state index contributed by atoms with van der Waals surface area (Å²) in [5.41, 5.74) is -0.357. The molecule has 192 valence electrons. The van der Waals surface area contributed by atoms with Crippen LogP contribution in [0.5, 0.6) is 5.75 Å². The first-order valence-corrected chi connectivity index (χ1v) is 12.1. The summed E-state index contributed by atoms with van der Waals surface area (Å²) in [6.07, 6.45) is 2.36. The summed E-state index contributed by atoms with van der Waals surface area (Å²) in [5.74, 6) is -0.803. The van der Waals surface area contributed by atoms with Crippen LogP contribution in [0.25, 0.3) is 15.2 Å². The highest BCUT2D eigenvalue weighted by molar-refractivity contribution is 7.21. The van der Waals surface area contributed by atoms with Gasteiger partial charge in [-0.2, -0.15) is 15.5 Å². The smallest absolute Gasteiger partial charge is 0.333 e. The fourth-order valence-corrected chi connectivity index (χ4v) is 5.28. The topological polar surface area (TPSA) is 154 Å². The Morgan fingerprint density at radius 1 is 1.24 bits per heavy atom. The van der Waals surface area contributed by atoms with Gasteiger partial charge in [0.15, 0.2) is 0 Å². The van der Waals surface area contributed by atoms with E-state index in [2.05, 4.69) is 10.2 Å². The molecule has 1 unspecified atom stereocenters.